The maximum absolute atomic E-state index is 11.8. The van der Waals surface area contributed by atoms with E-state index < -0.39 is 0 Å². The minimum Gasteiger partial charge on any atom is -0.508 e. The highest BCUT2D eigenvalue weighted by molar-refractivity contribution is 5.81. The Morgan fingerprint density at radius 2 is 1.85 bits per heavy atom. The van der Waals surface area contributed by atoms with Crippen LogP contribution in [-0.2, 0) is 16.0 Å². The molecule has 1 unspecified atom stereocenters. The standard InChI is InChI=1S/C17H16O3/c1-20-17(19)15-9-6-12-2-3-13(10-16(12)15)11-4-7-14(18)8-5-11/h2-5,7-8,10,15,18H,6,9H2,1H3. The van der Waals surface area contributed by atoms with Gasteiger partial charge < -0.3 is 9.84 Å². The average molecular weight is 268 g/mol. The van der Waals surface area contributed by atoms with Crippen LogP contribution in [-0.4, -0.2) is 18.2 Å². The monoisotopic (exact) mass is 268 g/mol. The fraction of sp³-hybridized carbons (Fsp3) is 0.235. The van der Waals surface area contributed by atoms with Gasteiger partial charge in [-0.2, -0.15) is 0 Å². The predicted molar refractivity (Wildman–Crippen MR) is 76.6 cm³/mol. The molecule has 0 fully saturated rings. The third-order valence-electron chi connectivity index (χ3n) is 3.91. The van der Waals surface area contributed by atoms with Gasteiger partial charge in [-0.05, 0) is 47.2 Å². The van der Waals surface area contributed by atoms with E-state index in [4.69, 9.17) is 4.74 Å². The second kappa shape index (κ2) is 5.00. The highest BCUT2D eigenvalue weighted by atomic mass is 16.5. The molecule has 3 rings (SSSR count). The van der Waals surface area contributed by atoms with E-state index in [9.17, 15) is 9.90 Å². The van der Waals surface area contributed by atoms with Crippen molar-refractivity contribution in [3.05, 3.63) is 53.6 Å². The van der Waals surface area contributed by atoms with Gasteiger partial charge in [0, 0.05) is 0 Å². The lowest BCUT2D eigenvalue weighted by molar-refractivity contribution is -0.142. The van der Waals surface area contributed by atoms with Crippen LogP contribution in [0.25, 0.3) is 11.1 Å². The molecule has 0 heterocycles. The average Bonchev–Trinajstić information content (AvgIpc) is 2.90. The molecule has 0 amide bonds. The number of ether oxygens (including phenoxy) is 1. The van der Waals surface area contributed by atoms with Crippen LogP contribution < -0.4 is 0 Å². The molecule has 1 aliphatic carbocycles. The van der Waals surface area contributed by atoms with Gasteiger partial charge in [0.15, 0.2) is 0 Å². The number of carbonyl (C=O) groups excluding carboxylic acids is 1. The topological polar surface area (TPSA) is 46.5 Å². The number of hydrogen-bond acceptors (Lipinski definition) is 3. The molecule has 0 spiro atoms. The van der Waals surface area contributed by atoms with Gasteiger partial charge in [-0.3, -0.25) is 4.79 Å². The minimum atomic E-state index is -0.161. The lowest BCUT2D eigenvalue weighted by Crippen LogP contribution is -2.11. The number of esters is 1. The first-order chi connectivity index (χ1) is 9.69. The Morgan fingerprint density at radius 1 is 1.15 bits per heavy atom. The molecule has 1 N–H and O–H groups in total. The largest absolute Gasteiger partial charge is 0.508 e. The van der Waals surface area contributed by atoms with Gasteiger partial charge in [-0.1, -0.05) is 30.3 Å². The van der Waals surface area contributed by atoms with Crippen LogP contribution in [0.4, 0.5) is 0 Å². The zero-order valence-corrected chi connectivity index (χ0v) is 11.3. The summed E-state index contributed by atoms with van der Waals surface area (Å²) < 4.78 is 4.88. The quantitative estimate of drug-likeness (QED) is 0.850. The summed E-state index contributed by atoms with van der Waals surface area (Å²) >= 11 is 0. The van der Waals surface area contributed by atoms with Crippen LogP contribution in [0.15, 0.2) is 42.5 Å². The highest BCUT2D eigenvalue weighted by Crippen LogP contribution is 2.36. The molecule has 0 radical (unpaired) electrons. The molecule has 2 aromatic carbocycles. The van der Waals surface area contributed by atoms with Crippen LogP contribution in [0.2, 0.25) is 0 Å². The summed E-state index contributed by atoms with van der Waals surface area (Å²) in [4.78, 5) is 11.8. The normalized spacial score (nSPS) is 16.8. The second-order valence-electron chi connectivity index (χ2n) is 5.07. The molecular formula is C17H16O3. The maximum Gasteiger partial charge on any atom is 0.313 e. The number of carbonyl (C=O) groups is 1. The SMILES string of the molecule is COC(=O)C1CCc2ccc(-c3ccc(O)cc3)cc21. The number of aryl methyl sites for hydroxylation is 1. The fourth-order valence-electron chi connectivity index (χ4n) is 2.82. The molecule has 0 aliphatic heterocycles. The Hall–Kier alpha value is -2.29. The van der Waals surface area contributed by atoms with Crippen LogP contribution in [0.1, 0.15) is 23.5 Å². The van der Waals surface area contributed by atoms with E-state index in [-0.39, 0.29) is 17.6 Å². The van der Waals surface area contributed by atoms with E-state index in [1.165, 1.54) is 12.7 Å². The summed E-state index contributed by atoms with van der Waals surface area (Å²) in [5.41, 5.74) is 4.38. The van der Waals surface area contributed by atoms with Crippen molar-refractivity contribution in [2.24, 2.45) is 0 Å². The van der Waals surface area contributed by atoms with Gasteiger partial charge in [0.1, 0.15) is 5.75 Å². The minimum absolute atomic E-state index is 0.146. The molecule has 1 aliphatic rings. The van der Waals surface area contributed by atoms with Crippen molar-refractivity contribution in [1.82, 2.24) is 0 Å². The van der Waals surface area contributed by atoms with Crippen molar-refractivity contribution >= 4 is 5.97 Å². The third kappa shape index (κ3) is 2.16. The molecule has 0 aromatic heterocycles. The Balaban J connectivity index is 2.00. The molecule has 3 nitrogen and oxygen atoms in total. The number of phenols is 1. The zero-order chi connectivity index (χ0) is 14.1. The van der Waals surface area contributed by atoms with Crippen molar-refractivity contribution in [2.75, 3.05) is 7.11 Å². The van der Waals surface area contributed by atoms with E-state index >= 15 is 0 Å². The van der Waals surface area contributed by atoms with Crippen molar-refractivity contribution in [2.45, 2.75) is 18.8 Å². The van der Waals surface area contributed by atoms with Gasteiger partial charge in [0.05, 0.1) is 13.0 Å². The smallest absolute Gasteiger partial charge is 0.313 e. The van der Waals surface area contributed by atoms with Gasteiger partial charge in [-0.25, -0.2) is 0 Å². The lowest BCUT2D eigenvalue weighted by atomic mass is 9.96. The highest BCUT2D eigenvalue weighted by Gasteiger charge is 2.29. The summed E-state index contributed by atoms with van der Waals surface area (Å²) in [6.07, 6.45) is 1.74. The molecule has 3 heteroatoms. The van der Waals surface area contributed by atoms with Gasteiger partial charge in [0.25, 0.3) is 0 Å². The van der Waals surface area contributed by atoms with Crippen LogP contribution in [0, 0.1) is 0 Å². The first-order valence-electron chi connectivity index (χ1n) is 6.69. The van der Waals surface area contributed by atoms with Gasteiger partial charge in [0.2, 0.25) is 0 Å². The van der Waals surface area contributed by atoms with E-state index in [2.05, 4.69) is 18.2 Å². The van der Waals surface area contributed by atoms with E-state index in [0.29, 0.717) is 0 Å². The van der Waals surface area contributed by atoms with Gasteiger partial charge in [-0.15, -0.1) is 0 Å². The molecule has 20 heavy (non-hydrogen) atoms. The predicted octanol–water partition coefficient (Wildman–Crippen LogP) is 3.26. The summed E-state index contributed by atoms with van der Waals surface area (Å²) in [5, 5.41) is 9.34. The van der Waals surface area contributed by atoms with Crippen LogP contribution >= 0.6 is 0 Å². The molecule has 2 aromatic rings. The number of methoxy groups -OCH3 is 1. The van der Waals surface area contributed by atoms with Crippen molar-refractivity contribution in [3.8, 4) is 16.9 Å². The number of rotatable bonds is 2. The number of benzene rings is 2. The molecular weight excluding hydrogens is 252 g/mol. The fourth-order valence-corrected chi connectivity index (χ4v) is 2.82. The molecule has 0 saturated heterocycles. The van der Waals surface area contributed by atoms with Crippen LogP contribution in [0.5, 0.6) is 5.75 Å². The Morgan fingerprint density at radius 3 is 2.55 bits per heavy atom. The third-order valence-corrected chi connectivity index (χ3v) is 3.91. The maximum atomic E-state index is 11.8. The summed E-state index contributed by atoms with van der Waals surface area (Å²) in [6.45, 7) is 0. The Bertz CT molecular complexity index is 644. The number of fused-ring (bicyclic) bond motifs is 1. The van der Waals surface area contributed by atoms with Crippen molar-refractivity contribution in [1.29, 1.82) is 0 Å². The number of phenolic OH excluding ortho intramolecular Hbond substituents is 1. The number of hydrogen-bond donors (Lipinski definition) is 1. The Labute approximate surface area is 117 Å². The van der Waals surface area contributed by atoms with Crippen molar-refractivity contribution in [3.63, 3.8) is 0 Å². The molecule has 102 valence electrons. The molecule has 1 atom stereocenters. The van der Waals surface area contributed by atoms with Crippen LogP contribution in [0.3, 0.4) is 0 Å². The van der Waals surface area contributed by atoms with E-state index in [1.807, 2.05) is 12.1 Å². The zero-order valence-electron chi connectivity index (χ0n) is 11.3. The van der Waals surface area contributed by atoms with Gasteiger partial charge >= 0.3 is 5.97 Å². The summed E-state index contributed by atoms with van der Waals surface area (Å²) in [5.74, 6) is -0.0546. The second-order valence-corrected chi connectivity index (χ2v) is 5.07. The van der Waals surface area contributed by atoms with Crippen molar-refractivity contribution < 1.29 is 14.6 Å². The first-order valence-corrected chi connectivity index (χ1v) is 6.69. The number of aromatic hydroxyl groups is 1. The first kappa shape index (κ1) is 12.7. The Kier molecular flexibility index (Phi) is 3.18. The molecule has 0 bridgehead atoms. The van der Waals surface area contributed by atoms with E-state index in [1.54, 1.807) is 12.1 Å². The van der Waals surface area contributed by atoms with E-state index in [0.717, 1.165) is 29.5 Å². The molecule has 0 saturated carbocycles. The summed E-state index contributed by atoms with van der Waals surface area (Å²) in [7, 11) is 1.43. The lowest BCUT2D eigenvalue weighted by Gasteiger charge is -2.11. The summed E-state index contributed by atoms with van der Waals surface area (Å²) in [6, 6.07) is 13.3.